The van der Waals surface area contributed by atoms with Crippen molar-refractivity contribution < 1.29 is 13.3 Å². The summed E-state index contributed by atoms with van der Waals surface area (Å²) >= 11 is 0. The Morgan fingerprint density at radius 2 is 1.57 bits per heavy atom. The lowest BCUT2D eigenvalue weighted by molar-refractivity contribution is -0.384. The van der Waals surface area contributed by atoms with Crippen LogP contribution in [0.15, 0.2) is 53.4 Å². The molecule has 28 heavy (non-hydrogen) atoms. The molecule has 2 aliphatic heterocycles. The van der Waals surface area contributed by atoms with E-state index < -0.39 is 14.9 Å². The summed E-state index contributed by atoms with van der Waals surface area (Å²) in [6.07, 6.45) is 2.64. The summed E-state index contributed by atoms with van der Waals surface area (Å²) in [5.41, 5.74) is 2.68. The number of fused-ring (bicyclic) bond motifs is 1. The van der Waals surface area contributed by atoms with Gasteiger partial charge in [0, 0.05) is 44.4 Å². The molecule has 1 saturated heterocycles. The van der Waals surface area contributed by atoms with Gasteiger partial charge in [-0.3, -0.25) is 15.0 Å². The van der Waals surface area contributed by atoms with Crippen LogP contribution in [0.1, 0.15) is 24.0 Å². The Morgan fingerprint density at radius 3 is 2.21 bits per heavy atom. The van der Waals surface area contributed by atoms with Gasteiger partial charge in [0.15, 0.2) is 0 Å². The van der Waals surface area contributed by atoms with Crippen LogP contribution in [0.3, 0.4) is 0 Å². The summed E-state index contributed by atoms with van der Waals surface area (Å²) in [7, 11) is -3.62. The molecule has 148 valence electrons. The molecule has 2 heterocycles. The van der Waals surface area contributed by atoms with E-state index in [0.29, 0.717) is 19.1 Å². The number of sulfonamides is 1. The lowest BCUT2D eigenvalue weighted by Crippen LogP contribution is -2.48. The summed E-state index contributed by atoms with van der Waals surface area (Å²) in [6, 6.07) is 14.0. The molecule has 0 saturated carbocycles. The molecular formula is C20H23N3O4S. The molecular weight excluding hydrogens is 378 g/mol. The zero-order valence-corrected chi connectivity index (χ0v) is 16.3. The fraction of sp³-hybridized carbons (Fsp3) is 0.400. The molecule has 0 bridgehead atoms. The Morgan fingerprint density at radius 1 is 0.929 bits per heavy atom. The number of nitro benzene ring substituents is 1. The second-order valence-corrected chi connectivity index (χ2v) is 9.31. The van der Waals surface area contributed by atoms with E-state index in [1.54, 1.807) is 0 Å². The highest BCUT2D eigenvalue weighted by atomic mass is 32.2. The van der Waals surface area contributed by atoms with Crippen molar-refractivity contribution in [3.63, 3.8) is 0 Å². The molecule has 2 aromatic carbocycles. The van der Waals surface area contributed by atoms with Crippen LogP contribution in [-0.4, -0.2) is 48.2 Å². The molecule has 0 unspecified atom stereocenters. The monoisotopic (exact) mass is 401 g/mol. The van der Waals surface area contributed by atoms with Gasteiger partial charge < -0.3 is 0 Å². The number of piperidine rings is 1. The molecule has 0 aliphatic carbocycles. The number of hydrogen-bond acceptors (Lipinski definition) is 5. The highest BCUT2D eigenvalue weighted by Gasteiger charge is 2.32. The van der Waals surface area contributed by atoms with Gasteiger partial charge in [-0.25, -0.2) is 8.42 Å². The molecule has 2 aliphatic rings. The standard InChI is InChI=1S/C20H23N3O4S/c24-23(25)19-5-7-20(8-6-19)28(26,27)22-13-10-18(11-14-22)21-12-9-16-3-1-2-4-17(16)15-21/h1-8,18H,9-15H2. The fourth-order valence-corrected chi connectivity index (χ4v) is 5.64. The third-order valence-corrected chi connectivity index (χ3v) is 7.70. The molecule has 0 aromatic heterocycles. The van der Waals surface area contributed by atoms with E-state index in [2.05, 4.69) is 29.2 Å². The summed E-state index contributed by atoms with van der Waals surface area (Å²) in [5.74, 6) is 0. The van der Waals surface area contributed by atoms with Crippen LogP contribution in [0, 0.1) is 10.1 Å². The van der Waals surface area contributed by atoms with Gasteiger partial charge in [0.2, 0.25) is 10.0 Å². The average molecular weight is 401 g/mol. The van der Waals surface area contributed by atoms with E-state index in [1.807, 2.05) is 0 Å². The third-order valence-electron chi connectivity index (χ3n) is 5.79. The minimum absolute atomic E-state index is 0.108. The van der Waals surface area contributed by atoms with Gasteiger partial charge in [0.1, 0.15) is 0 Å². The minimum Gasteiger partial charge on any atom is -0.296 e. The van der Waals surface area contributed by atoms with E-state index in [4.69, 9.17) is 0 Å². The molecule has 0 atom stereocenters. The SMILES string of the molecule is O=[N+]([O-])c1ccc(S(=O)(=O)N2CCC(N3CCc4ccccc4C3)CC2)cc1. The van der Waals surface area contributed by atoms with Crippen molar-refractivity contribution in [3.8, 4) is 0 Å². The quantitative estimate of drug-likeness (QED) is 0.581. The van der Waals surface area contributed by atoms with Gasteiger partial charge in [-0.2, -0.15) is 4.31 Å². The maximum Gasteiger partial charge on any atom is 0.269 e. The molecule has 1 fully saturated rings. The number of benzene rings is 2. The Balaban J connectivity index is 1.40. The Hall–Kier alpha value is -2.29. The minimum atomic E-state index is -3.62. The molecule has 4 rings (SSSR count). The Labute approximate surface area is 164 Å². The van der Waals surface area contributed by atoms with Crippen molar-refractivity contribution in [1.82, 2.24) is 9.21 Å². The average Bonchev–Trinajstić information content (AvgIpc) is 2.73. The lowest BCUT2D eigenvalue weighted by atomic mass is 9.96. The number of nitro groups is 1. The first kappa shape index (κ1) is 19.0. The molecule has 8 heteroatoms. The predicted molar refractivity (Wildman–Crippen MR) is 105 cm³/mol. The summed E-state index contributed by atoms with van der Waals surface area (Å²) in [6.45, 7) is 2.89. The van der Waals surface area contributed by atoms with Gasteiger partial charge in [-0.15, -0.1) is 0 Å². The first-order chi connectivity index (χ1) is 13.4. The molecule has 0 N–H and O–H groups in total. The van der Waals surface area contributed by atoms with Crippen molar-refractivity contribution >= 4 is 15.7 Å². The normalized spacial score (nSPS) is 19.3. The number of rotatable bonds is 4. The van der Waals surface area contributed by atoms with Gasteiger partial charge >= 0.3 is 0 Å². The molecule has 0 radical (unpaired) electrons. The molecule has 2 aromatic rings. The fourth-order valence-electron chi connectivity index (χ4n) is 4.17. The molecule has 7 nitrogen and oxygen atoms in total. The number of nitrogens with zero attached hydrogens (tertiary/aromatic N) is 3. The van der Waals surface area contributed by atoms with Crippen LogP contribution >= 0.6 is 0 Å². The Bertz CT molecular complexity index is 967. The van der Waals surface area contributed by atoms with Crippen LogP contribution in [0.25, 0.3) is 0 Å². The van der Waals surface area contributed by atoms with Crippen LogP contribution in [-0.2, 0) is 23.0 Å². The van der Waals surface area contributed by atoms with E-state index >= 15 is 0 Å². The zero-order valence-electron chi connectivity index (χ0n) is 15.5. The van der Waals surface area contributed by atoms with Crippen molar-refractivity contribution in [2.45, 2.75) is 36.7 Å². The lowest BCUT2D eigenvalue weighted by Gasteiger charge is -2.40. The van der Waals surface area contributed by atoms with Crippen molar-refractivity contribution in [2.24, 2.45) is 0 Å². The largest absolute Gasteiger partial charge is 0.296 e. The van der Waals surface area contributed by atoms with Crippen molar-refractivity contribution in [3.05, 3.63) is 69.8 Å². The van der Waals surface area contributed by atoms with Crippen LogP contribution in [0.4, 0.5) is 5.69 Å². The summed E-state index contributed by atoms with van der Waals surface area (Å²) < 4.78 is 27.2. The highest BCUT2D eigenvalue weighted by molar-refractivity contribution is 7.89. The van der Waals surface area contributed by atoms with E-state index in [9.17, 15) is 18.5 Å². The zero-order chi connectivity index (χ0) is 19.7. The topological polar surface area (TPSA) is 83.8 Å². The van der Waals surface area contributed by atoms with E-state index in [-0.39, 0.29) is 10.6 Å². The molecule has 0 spiro atoms. The van der Waals surface area contributed by atoms with E-state index in [1.165, 1.54) is 39.7 Å². The Kier molecular flexibility index (Phi) is 5.18. The maximum atomic E-state index is 12.9. The number of non-ortho nitro benzene ring substituents is 1. The first-order valence-electron chi connectivity index (χ1n) is 9.50. The van der Waals surface area contributed by atoms with Gasteiger partial charge in [0.25, 0.3) is 5.69 Å². The van der Waals surface area contributed by atoms with Gasteiger partial charge in [-0.05, 0) is 42.5 Å². The van der Waals surface area contributed by atoms with Gasteiger partial charge in [-0.1, -0.05) is 24.3 Å². The van der Waals surface area contributed by atoms with Crippen LogP contribution in [0.5, 0.6) is 0 Å². The molecule has 0 amide bonds. The maximum absolute atomic E-state index is 12.9. The number of hydrogen-bond donors (Lipinski definition) is 0. The second-order valence-electron chi connectivity index (χ2n) is 7.38. The van der Waals surface area contributed by atoms with Crippen molar-refractivity contribution in [1.29, 1.82) is 0 Å². The highest BCUT2D eigenvalue weighted by Crippen LogP contribution is 2.28. The summed E-state index contributed by atoms with van der Waals surface area (Å²) in [4.78, 5) is 12.8. The first-order valence-corrected chi connectivity index (χ1v) is 10.9. The van der Waals surface area contributed by atoms with Crippen molar-refractivity contribution in [2.75, 3.05) is 19.6 Å². The third kappa shape index (κ3) is 3.67. The predicted octanol–water partition coefficient (Wildman–Crippen LogP) is 2.81. The van der Waals surface area contributed by atoms with E-state index in [0.717, 1.165) is 32.4 Å². The van der Waals surface area contributed by atoms with Crippen LogP contribution in [0.2, 0.25) is 0 Å². The van der Waals surface area contributed by atoms with Gasteiger partial charge in [0.05, 0.1) is 9.82 Å². The summed E-state index contributed by atoms with van der Waals surface area (Å²) in [5, 5.41) is 10.8. The second kappa shape index (κ2) is 7.62. The smallest absolute Gasteiger partial charge is 0.269 e. The van der Waals surface area contributed by atoms with Crippen LogP contribution < -0.4 is 0 Å².